The molecule has 0 aliphatic carbocycles. The number of aliphatic hydroxyl groups is 1. The molecule has 1 amide bonds. The Morgan fingerprint density at radius 1 is 1.35 bits per heavy atom. The van der Waals surface area contributed by atoms with Gasteiger partial charge in [0.05, 0.1) is 30.1 Å². The van der Waals surface area contributed by atoms with Crippen LogP contribution in [0, 0.1) is 0 Å². The van der Waals surface area contributed by atoms with Crippen LogP contribution in [0.5, 0.6) is 0 Å². The summed E-state index contributed by atoms with van der Waals surface area (Å²) in [5.41, 5.74) is 2.76. The molecule has 0 aliphatic heterocycles. The normalized spacial score (nSPS) is 12.2. The highest BCUT2D eigenvalue weighted by molar-refractivity contribution is 5.95. The SMILES string of the molecule is CCc1c(C(=O)N(C)CCC(C)O)cnn1Cc1ccccc1. The Hall–Kier alpha value is -2.14. The summed E-state index contributed by atoms with van der Waals surface area (Å²) in [6, 6.07) is 10.1. The minimum Gasteiger partial charge on any atom is -0.393 e. The van der Waals surface area contributed by atoms with E-state index >= 15 is 0 Å². The maximum atomic E-state index is 12.6. The summed E-state index contributed by atoms with van der Waals surface area (Å²) in [5.74, 6) is -0.0400. The highest BCUT2D eigenvalue weighted by Crippen LogP contribution is 2.14. The molecular formula is C18H25N3O2. The third kappa shape index (κ3) is 4.42. The van der Waals surface area contributed by atoms with Gasteiger partial charge >= 0.3 is 0 Å². The number of carbonyl (C=O) groups is 1. The topological polar surface area (TPSA) is 58.4 Å². The van der Waals surface area contributed by atoms with E-state index in [4.69, 9.17) is 0 Å². The summed E-state index contributed by atoms with van der Waals surface area (Å²) in [6.07, 6.45) is 2.57. The molecule has 0 fully saturated rings. The van der Waals surface area contributed by atoms with Crippen LogP contribution in [0.15, 0.2) is 36.5 Å². The van der Waals surface area contributed by atoms with Gasteiger partial charge in [-0.15, -0.1) is 0 Å². The summed E-state index contributed by atoms with van der Waals surface area (Å²) >= 11 is 0. The number of carbonyl (C=O) groups excluding carboxylic acids is 1. The molecule has 0 radical (unpaired) electrons. The molecular weight excluding hydrogens is 290 g/mol. The van der Waals surface area contributed by atoms with E-state index in [0.29, 0.717) is 25.1 Å². The van der Waals surface area contributed by atoms with E-state index < -0.39 is 6.10 Å². The van der Waals surface area contributed by atoms with Crippen LogP contribution in [-0.2, 0) is 13.0 Å². The largest absolute Gasteiger partial charge is 0.393 e. The second-order valence-electron chi connectivity index (χ2n) is 5.87. The van der Waals surface area contributed by atoms with Gasteiger partial charge in [-0.1, -0.05) is 37.3 Å². The van der Waals surface area contributed by atoms with Gasteiger partial charge in [0.15, 0.2) is 0 Å². The average molecular weight is 315 g/mol. The van der Waals surface area contributed by atoms with Crippen LogP contribution in [-0.4, -0.2) is 45.4 Å². The number of rotatable bonds is 7. The van der Waals surface area contributed by atoms with Crippen molar-refractivity contribution in [3.8, 4) is 0 Å². The van der Waals surface area contributed by atoms with Crippen LogP contribution in [0.2, 0.25) is 0 Å². The van der Waals surface area contributed by atoms with Gasteiger partial charge in [0.1, 0.15) is 0 Å². The van der Waals surface area contributed by atoms with Gasteiger partial charge in [-0.3, -0.25) is 9.48 Å². The fourth-order valence-electron chi connectivity index (χ4n) is 2.54. The molecule has 2 rings (SSSR count). The Morgan fingerprint density at radius 2 is 2.04 bits per heavy atom. The van der Waals surface area contributed by atoms with Crippen molar-refractivity contribution >= 4 is 5.91 Å². The number of hydrogen-bond donors (Lipinski definition) is 1. The minimum atomic E-state index is -0.406. The molecule has 1 N–H and O–H groups in total. The van der Waals surface area contributed by atoms with Crippen LogP contribution in [0.4, 0.5) is 0 Å². The highest BCUT2D eigenvalue weighted by atomic mass is 16.3. The number of benzene rings is 1. The lowest BCUT2D eigenvalue weighted by atomic mass is 10.1. The van der Waals surface area contributed by atoms with E-state index in [9.17, 15) is 9.90 Å². The Labute approximate surface area is 137 Å². The first-order valence-electron chi connectivity index (χ1n) is 8.05. The Bertz CT molecular complexity index is 635. The molecule has 2 aromatic rings. The standard InChI is InChI=1S/C18H25N3O2/c1-4-17-16(18(23)20(3)11-10-14(2)22)12-19-21(17)13-15-8-6-5-7-9-15/h5-9,12,14,22H,4,10-11,13H2,1-3H3. The zero-order valence-corrected chi connectivity index (χ0v) is 14.1. The average Bonchev–Trinajstić information content (AvgIpc) is 2.95. The Balaban J connectivity index is 2.15. The lowest BCUT2D eigenvalue weighted by Gasteiger charge is -2.18. The maximum Gasteiger partial charge on any atom is 0.257 e. The smallest absolute Gasteiger partial charge is 0.257 e. The monoisotopic (exact) mass is 315 g/mol. The van der Waals surface area contributed by atoms with Crippen molar-refractivity contribution < 1.29 is 9.90 Å². The van der Waals surface area contributed by atoms with Gasteiger partial charge in [0, 0.05) is 13.6 Å². The Kier molecular flexibility index (Phi) is 5.93. The zero-order chi connectivity index (χ0) is 16.8. The lowest BCUT2D eigenvalue weighted by molar-refractivity contribution is 0.0767. The number of nitrogens with zero attached hydrogens (tertiary/aromatic N) is 3. The van der Waals surface area contributed by atoms with E-state index in [1.807, 2.05) is 29.8 Å². The molecule has 1 aromatic heterocycles. The molecule has 0 spiro atoms. The van der Waals surface area contributed by atoms with Gasteiger partial charge in [0.25, 0.3) is 5.91 Å². The van der Waals surface area contributed by atoms with Gasteiger partial charge in [-0.2, -0.15) is 5.10 Å². The van der Waals surface area contributed by atoms with Crippen LogP contribution >= 0.6 is 0 Å². The number of aromatic nitrogens is 2. The van der Waals surface area contributed by atoms with Crippen molar-refractivity contribution in [1.29, 1.82) is 0 Å². The molecule has 1 heterocycles. The highest BCUT2D eigenvalue weighted by Gasteiger charge is 2.19. The third-order valence-corrected chi connectivity index (χ3v) is 3.92. The van der Waals surface area contributed by atoms with E-state index in [1.54, 1.807) is 25.1 Å². The van der Waals surface area contributed by atoms with Crippen LogP contribution in [0.3, 0.4) is 0 Å². The zero-order valence-electron chi connectivity index (χ0n) is 14.1. The van der Waals surface area contributed by atoms with Crippen molar-refractivity contribution in [1.82, 2.24) is 14.7 Å². The van der Waals surface area contributed by atoms with Gasteiger partial charge in [0.2, 0.25) is 0 Å². The van der Waals surface area contributed by atoms with E-state index in [-0.39, 0.29) is 5.91 Å². The number of aliphatic hydroxyl groups excluding tert-OH is 1. The first-order valence-corrected chi connectivity index (χ1v) is 8.05. The maximum absolute atomic E-state index is 12.6. The molecule has 1 aromatic carbocycles. The molecule has 23 heavy (non-hydrogen) atoms. The fourth-order valence-corrected chi connectivity index (χ4v) is 2.54. The predicted molar refractivity (Wildman–Crippen MR) is 90.4 cm³/mol. The Morgan fingerprint density at radius 3 is 2.65 bits per heavy atom. The van der Waals surface area contributed by atoms with Crippen molar-refractivity contribution in [2.45, 2.75) is 39.3 Å². The second kappa shape index (κ2) is 7.92. The van der Waals surface area contributed by atoms with Crippen molar-refractivity contribution in [2.24, 2.45) is 0 Å². The second-order valence-corrected chi connectivity index (χ2v) is 5.87. The predicted octanol–water partition coefficient (Wildman–Crippen LogP) is 2.34. The van der Waals surface area contributed by atoms with E-state index in [1.165, 1.54) is 0 Å². The summed E-state index contributed by atoms with van der Waals surface area (Å²) < 4.78 is 1.89. The first-order chi connectivity index (χ1) is 11.0. The summed E-state index contributed by atoms with van der Waals surface area (Å²) in [4.78, 5) is 14.2. The van der Waals surface area contributed by atoms with Gasteiger partial charge in [-0.05, 0) is 25.3 Å². The molecule has 124 valence electrons. The number of amides is 1. The van der Waals surface area contributed by atoms with Crippen molar-refractivity contribution in [2.75, 3.05) is 13.6 Å². The molecule has 5 nitrogen and oxygen atoms in total. The summed E-state index contributed by atoms with van der Waals surface area (Å²) in [7, 11) is 1.76. The lowest BCUT2D eigenvalue weighted by Crippen LogP contribution is -2.30. The fraction of sp³-hybridized carbons (Fsp3) is 0.444. The third-order valence-electron chi connectivity index (χ3n) is 3.92. The van der Waals surface area contributed by atoms with Crippen molar-refractivity contribution in [3.63, 3.8) is 0 Å². The molecule has 0 saturated heterocycles. The van der Waals surface area contributed by atoms with Crippen molar-refractivity contribution in [3.05, 3.63) is 53.3 Å². The van der Waals surface area contributed by atoms with Crippen LogP contribution in [0.1, 0.15) is 41.9 Å². The minimum absolute atomic E-state index is 0.0400. The summed E-state index contributed by atoms with van der Waals surface area (Å²) in [6.45, 7) is 4.96. The molecule has 1 unspecified atom stereocenters. The molecule has 0 aliphatic rings. The number of hydrogen-bond acceptors (Lipinski definition) is 3. The van der Waals surface area contributed by atoms with Crippen LogP contribution < -0.4 is 0 Å². The van der Waals surface area contributed by atoms with Gasteiger partial charge in [-0.25, -0.2) is 0 Å². The quantitative estimate of drug-likeness (QED) is 0.853. The first kappa shape index (κ1) is 17.2. The van der Waals surface area contributed by atoms with E-state index in [0.717, 1.165) is 17.7 Å². The van der Waals surface area contributed by atoms with Crippen LogP contribution in [0.25, 0.3) is 0 Å². The molecule has 1 atom stereocenters. The molecule has 5 heteroatoms. The van der Waals surface area contributed by atoms with Gasteiger partial charge < -0.3 is 10.0 Å². The molecule has 0 saturated carbocycles. The molecule has 0 bridgehead atoms. The van der Waals surface area contributed by atoms with E-state index in [2.05, 4.69) is 17.2 Å². The summed E-state index contributed by atoms with van der Waals surface area (Å²) in [5, 5.41) is 13.8.